The van der Waals surface area contributed by atoms with Crippen molar-refractivity contribution in [3.05, 3.63) is 48.3 Å². The minimum atomic E-state index is 0.0609. The standard InChI is InChI=1S/C18H17N3O3S/c22-13(8-18-19-14-3-1-2-4-15(14)20-18)9-21(10-25)12-5-6-16-17(7-12)24-11-23-16/h1-7,25H,8-11H2,(H,19,20). The number of nitrogens with one attached hydrogen (secondary N) is 1. The van der Waals surface area contributed by atoms with Crippen molar-refractivity contribution in [3.8, 4) is 11.5 Å². The molecule has 3 aromatic rings. The molecule has 7 heteroatoms. The van der Waals surface area contributed by atoms with Gasteiger partial charge in [-0.05, 0) is 24.3 Å². The van der Waals surface area contributed by atoms with Crippen LogP contribution in [0, 0.1) is 0 Å². The first-order chi connectivity index (χ1) is 12.2. The number of ketones is 1. The number of carbonyl (C=O) groups excluding carboxylic acids is 1. The van der Waals surface area contributed by atoms with Crippen molar-refractivity contribution in [2.75, 3.05) is 24.1 Å². The molecule has 0 unspecified atom stereocenters. The molecule has 1 N–H and O–H groups in total. The summed E-state index contributed by atoms with van der Waals surface area (Å²) in [5, 5.41) is 0. The van der Waals surface area contributed by atoms with Crippen LogP contribution >= 0.6 is 12.6 Å². The Bertz CT molecular complexity index is 892. The summed E-state index contributed by atoms with van der Waals surface area (Å²) in [6, 6.07) is 13.4. The summed E-state index contributed by atoms with van der Waals surface area (Å²) >= 11 is 4.35. The number of aromatic amines is 1. The van der Waals surface area contributed by atoms with Crippen LogP contribution in [0.5, 0.6) is 11.5 Å². The minimum Gasteiger partial charge on any atom is -0.454 e. The van der Waals surface area contributed by atoms with Gasteiger partial charge in [-0.25, -0.2) is 4.98 Å². The van der Waals surface area contributed by atoms with Crippen molar-refractivity contribution in [2.45, 2.75) is 6.42 Å². The molecule has 0 saturated heterocycles. The van der Waals surface area contributed by atoms with Gasteiger partial charge in [-0.15, -0.1) is 0 Å². The molecular weight excluding hydrogens is 338 g/mol. The van der Waals surface area contributed by atoms with Crippen LogP contribution < -0.4 is 14.4 Å². The fourth-order valence-electron chi connectivity index (χ4n) is 2.85. The van der Waals surface area contributed by atoms with E-state index >= 15 is 0 Å². The fraction of sp³-hybridized carbons (Fsp3) is 0.222. The second-order valence-electron chi connectivity index (χ2n) is 5.79. The van der Waals surface area contributed by atoms with Gasteiger partial charge in [0.25, 0.3) is 0 Å². The van der Waals surface area contributed by atoms with Crippen molar-refractivity contribution >= 4 is 35.1 Å². The molecule has 0 spiro atoms. The quantitative estimate of drug-likeness (QED) is 0.526. The van der Waals surface area contributed by atoms with Gasteiger partial charge in [0.05, 0.1) is 29.9 Å². The molecular formula is C18H17N3O3S. The number of Topliss-reactive ketones (excluding diaryl/α,β-unsaturated/α-hetero) is 1. The molecule has 2 heterocycles. The van der Waals surface area contributed by atoms with Gasteiger partial charge in [0.2, 0.25) is 6.79 Å². The Balaban J connectivity index is 1.46. The van der Waals surface area contributed by atoms with Gasteiger partial charge < -0.3 is 19.4 Å². The molecule has 2 aromatic carbocycles. The van der Waals surface area contributed by atoms with Gasteiger partial charge in [0.1, 0.15) is 5.82 Å². The number of H-pyrrole nitrogens is 1. The Kier molecular flexibility index (Phi) is 4.23. The summed E-state index contributed by atoms with van der Waals surface area (Å²) in [7, 11) is 0. The van der Waals surface area contributed by atoms with E-state index in [1.54, 1.807) is 0 Å². The number of carbonyl (C=O) groups is 1. The maximum Gasteiger partial charge on any atom is 0.231 e. The molecule has 128 valence electrons. The summed E-state index contributed by atoms with van der Waals surface area (Å²) in [6.45, 7) is 0.477. The van der Waals surface area contributed by atoms with Crippen LogP contribution in [0.15, 0.2) is 42.5 Å². The average molecular weight is 355 g/mol. The molecule has 0 amide bonds. The van der Waals surface area contributed by atoms with Gasteiger partial charge >= 0.3 is 0 Å². The van der Waals surface area contributed by atoms with Crippen molar-refractivity contribution in [1.29, 1.82) is 0 Å². The highest BCUT2D eigenvalue weighted by molar-refractivity contribution is 7.80. The Morgan fingerprint density at radius 1 is 1.20 bits per heavy atom. The minimum absolute atomic E-state index is 0.0609. The largest absolute Gasteiger partial charge is 0.454 e. The summed E-state index contributed by atoms with van der Waals surface area (Å²) in [4.78, 5) is 22.0. The van der Waals surface area contributed by atoms with Gasteiger partial charge in [-0.2, -0.15) is 12.6 Å². The predicted octanol–water partition coefficient (Wildman–Crippen LogP) is 2.80. The fourth-order valence-corrected chi connectivity index (χ4v) is 3.11. The van der Waals surface area contributed by atoms with Crippen LogP contribution in [0.25, 0.3) is 11.0 Å². The molecule has 6 nitrogen and oxygen atoms in total. The Labute approximate surface area is 150 Å². The molecule has 0 aliphatic carbocycles. The molecule has 4 rings (SSSR count). The SMILES string of the molecule is O=C(Cc1nc2ccccc2[nH]1)CN(CS)c1ccc2c(c1)OCO2. The molecule has 1 aliphatic heterocycles. The number of thiol groups is 1. The molecule has 0 fully saturated rings. The first-order valence-electron chi connectivity index (χ1n) is 7.94. The molecule has 0 radical (unpaired) electrons. The van der Waals surface area contributed by atoms with Crippen LogP contribution in [-0.4, -0.2) is 35.0 Å². The number of hydrogen-bond acceptors (Lipinski definition) is 6. The lowest BCUT2D eigenvalue weighted by Gasteiger charge is -2.21. The summed E-state index contributed by atoms with van der Waals surface area (Å²) in [5.41, 5.74) is 2.68. The molecule has 0 saturated carbocycles. The number of nitrogens with zero attached hydrogens (tertiary/aromatic N) is 2. The van der Waals surface area contributed by atoms with Gasteiger partial charge in [0, 0.05) is 11.8 Å². The zero-order valence-electron chi connectivity index (χ0n) is 13.4. The number of hydrogen-bond donors (Lipinski definition) is 2. The predicted molar refractivity (Wildman–Crippen MR) is 98.6 cm³/mol. The normalized spacial score (nSPS) is 12.5. The van der Waals surface area contributed by atoms with Crippen molar-refractivity contribution in [1.82, 2.24) is 9.97 Å². The van der Waals surface area contributed by atoms with Crippen LogP contribution in [0.1, 0.15) is 5.82 Å². The molecule has 0 atom stereocenters. The number of imidazole rings is 1. The van der Waals surface area contributed by atoms with E-state index in [2.05, 4.69) is 22.6 Å². The number of aromatic nitrogens is 2. The van der Waals surface area contributed by atoms with Crippen LogP contribution in [0.3, 0.4) is 0 Å². The Morgan fingerprint density at radius 3 is 2.88 bits per heavy atom. The molecule has 1 aliphatic rings. The van der Waals surface area contributed by atoms with E-state index in [4.69, 9.17) is 9.47 Å². The molecule has 25 heavy (non-hydrogen) atoms. The van der Waals surface area contributed by atoms with Gasteiger partial charge in [-0.1, -0.05) is 12.1 Å². The number of para-hydroxylation sites is 2. The molecule has 0 bridgehead atoms. The lowest BCUT2D eigenvalue weighted by molar-refractivity contribution is -0.117. The lowest BCUT2D eigenvalue weighted by atomic mass is 10.2. The zero-order valence-corrected chi connectivity index (χ0v) is 14.3. The van der Waals surface area contributed by atoms with E-state index in [9.17, 15) is 4.79 Å². The van der Waals surface area contributed by atoms with Crippen molar-refractivity contribution < 1.29 is 14.3 Å². The van der Waals surface area contributed by atoms with E-state index < -0.39 is 0 Å². The first kappa shape index (κ1) is 15.8. The third kappa shape index (κ3) is 3.28. The average Bonchev–Trinajstić information content (AvgIpc) is 3.24. The molecule has 1 aromatic heterocycles. The van der Waals surface area contributed by atoms with E-state index in [1.807, 2.05) is 47.4 Å². The lowest BCUT2D eigenvalue weighted by Crippen LogP contribution is -2.29. The van der Waals surface area contributed by atoms with E-state index in [0.29, 0.717) is 17.5 Å². The van der Waals surface area contributed by atoms with Gasteiger partial charge in [0.15, 0.2) is 17.3 Å². The smallest absolute Gasteiger partial charge is 0.231 e. The second kappa shape index (κ2) is 6.68. The van der Waals surface area contributed by atoms with Crippen molar-refractivity contribution in [2.24, 2.45) is 0 Å². The summed E-state index contributed by atoms with van der Waals surface area (Å²) in [6.07, 6.45) is 0.253. The number of fused-ring (bicyclic) bond motifs is 2. The van der Waals surface area contributed by atoms with Crippen LogP contribution in [0.2, 0.25) is 0 Å². The Morgan fingerprint density at radius 2 is 2.04 bits per heavy atom. The van der Waals surface area contributed by atoms with E-state index in [1.165, 1.54) is 0 Å². The maximum atomic E-state index is 12.5. The van der Waals surface area contributed by atoms with E-state index in [0.717, 1.165) is 22.5 Å². The summed E-state index contributed by atoms with van der Waals surface area (Å²) in [5.74, 6) is 2.57. The Hall–Kier alpha value is -2.67. The second-order valence-corrected chi connectivity index (χ2v) is 6.08. The van der Waals surface area contributed by atoms with E-state index in [-0.39, 0.29) is 25.5 Å². The van der Waals surface area contributed by atoms with Crippen molar-refractivity contribution in [3.63, 3.8) is 0 Å². The highest BCUT2D eigenvalue weighted by Gasteiger charge is 2.18. The van der Waals surface area contributed by atoms with Crippen LogP contribution in [0.4, 0.5) is 5.69 Å². The third-order valence-electron chi connectivity index (χ3n) is 4.06. The zero-order chi connectivity index (χ0) is 17.2. The highest BCUT2D eigenvalue weighted by atomic mass is 32.1. The number of rotatable bonds is 6. The number of anilines is 1. The topological polar surface area (TPSA) is 67.5 Å². The first-order valence-corrected chi connectivity index (χ1v) is 8.57. The van der Waals surface area contributed by atoms with Gasteiger partial charge in [-0.3, -0.25) is 4.79 Å². The van der Waals surface area contributed by atoms with Crippen LogP contribution in [-0.2, 0) is 11.2 Å². The monoisotopic (exact) mass is 355 g/mol. The summed E-state index contributed by atoms with van der Waals surface area (Å²) < 4.78 is 10.7. The number of ether oxygens (including phenoxy) is 2. The third-order valence-corrected chi connectivity index (χ3v) is 4.40. The maximum absolute atomic E-state index is 12.5. The highest BCUT2D eigenvalue weighted by Crippen LogP contribution is 2.35. The number of benzene rings is 2.